The first kappa shape index (κ1) is 21.6. The zero-order chi connectivity index (χ0) is 21.5. The highest BCUT2D eigenvalue weighted by Crippen LogP contribution is 2.23. The number of nitrogens with zero attached hydrogens (tertiary/aromatic N) is 1. The number of carbonyl (C=O) groups excluding carboxylic acids is 2. The summed E-state index contributed by atoms with van der Waals surface area (Å²) in [4.78, 5) is 27.9. The first-order chi connectivity index (χ1) is 14.4. The van der Waals surface area contributed by atoms with Crippen molar-refractivity contribution in [2.45, 2.75) is 13.5 Å². The fourth-order valence-corrected chi connectivity index (χ4v) is 2.94. The summed E-state index contributed by atoms with van der Waals surface area (Å²) in [6.07, 6.45) is 1.46. The summed E-state index contributed by atoms with van der Waals surface area (Å²) in [5.74, 6) is 0.130. The molecule has 0 aliphatic rings. The van der Waals surface area contributed by atoms with Gasteiger partial charge in [0.1, 0.15) is 11.6 Å². The van der Waals surface area contributed by atoms with E-state index in [-0.39, 0.29) is 11.7 Å². The summed E-state index contributed by atoms with van der Waals surface area (Å²) < 4.78 is 0. The highest BCUT2D eigenvalue weighted by molar-refractivity contribution is 6.31. The fraction of sp³-hybridized carbons (Fsp3) is 0.136. The molecule has 30 heavy (non-hydrogen) atoms. The van der Waals surface area contributed by atoms with Crippen LogP contribution in [-0.2, 0) is 11.3 Å². The van der Waals surface area contributed by atoms with Crippen LogP contribution in [0.5, 0.6) is 0 Å². The Bertz CT molecular complexity index is 1040. The highest BCUT2D eigenvalue weighted by Gasteiger charge is 2.13. The SMILES string of the molecule is CC(=O)CNc1ccc(CNc2ccc(Cl)cc2C(=O)Nc2ccc(Cl)cn2)cc1. The molecular weight excluding hydrogens is 423 g/mol. The third kappa shape index (κ3) is 6.20. The van der Waals surface area contributed by atoms with E-state index in [2.05, 4.69) is 20.9 Å². The lowest BCUT2D eigenvalue weighted by Crippen LogP contribution is -2.15. The molecule has 1 heterocycles. The van der Waals surface area contributed by atoms with E-state index in [0.717, 1.165) is 11.3 Å². The number of aromatic nitrogens is 1. The summed E-state index contributed by atoms with van der Waals surface area (Å²) >= 11 is 11.9. The van der Waals surface area contributed by atoms with Gasteiger partial charge in [0.15, 0.2) is 0 Å². The van der Waals surface area contributed by atoms with Crippen molar-refractivity contribution in [3.63, 3.8) is 0 Å². The molecule has 154 valence electrons. The number of anilines is 3. The smallest absolute Gasteiger partial charge is 0.258 e. The molecule has 0 saturated heterocycles. The Kier molecular flexibility index (Phi) is 7.27. The maximum atomic E-state index is 12.7. The predicted octanol–water partition coefficient (Wildman–Crippen LogP) is 5.25. The maximum Gasteiger partial charge on any atom is 0.258 e. The van der Waals surface area contributed by atoms with Gasteiger partial charge >= 0.3 is 0 Å². The Morgan fingerprint density at radius 1 is 0.933 bits per heavy atom. The van der Waals surface area contributed by atoms with Gasteiger partial charge in [-0.25, -0.2) is 4.98 Å². The fourth-order valence-electron chi connectivity index (χ4n) is 2.66. The minimum Gasteiger partial charge on any atom is -0.380 e. The van der Waals surface area contributed by atoms with Crippen LogP contribution < -0.4 is 16.0 Å². The van der Waals surface area contributed by atoms with Crippen LogP contribution in [0.4, 0.5) is 17.2 Å². The molecule has 0 saturated carbocycles. The van der Waals surface area contributed by atoms with Crippen LogP contribution in [-0.4, -0.2) is 23.2 Å². The number of Topliss-reactive ketones (excluding diaryl/α,β-unsaturated/α-hetero) is 1. The summed E-state index contributed by atoms with van der Waals surface area (Å²) in [5.41, 5.74) is 2.93. The Labute approximate surface area is 184 Å². The minimum absolute atomic E-state index is 0.0723. The molecule has 3 N–H and O–H groups in total. The average Bonchev–Trinajstić information content (AvgIpc) is 2.73. The molecular formula is C22H20Cl2N4O2. The molecule has 3 aromatic rings. The molecule has 1 aromatic heterocycles. The first-order valence-electron chi connectivity index (χ1n) is 9.19. The molecule has 0 aliphatic carbocycles. The number of rotatable bonds is 8. The summed E-state index contributed by atoms with van der Waals surface area (Å²) in [6, 6.07) is 16.1. The first-order valence-corrected chi connectivity index (χ1v) is 9.95. The number of hydrogen-bond acceptors (Lipinski definition) is 5. The van der Waals surface area contributed by atoms with E-state index >= 15 is 0 Å². The molecule has 0 aliphatic heterocycles. The van der Waals surface area contributed by atoms with Gasteiger partial charge in [0, 0.05) is 29.1 Å². The Morgan fingerprint density at radius 2 is 1.67 bits per heavy atom. The standard InChI is InChI=1S/C22H20Cl2N4O2/c1-14(29)11-25-18-6-2-15(3-7-18)12-26-20-8-4-16(23)10-19(20)22(30)28-21-9-5-17(24)13-27-21/h2-10,13,25-26H,11-12H2,1H3,(H,27,28,30). The van der Waals surface area contributed by atoms with E-state index < -0.39 is 0 Å². The molecule has 1 amide bonds. The monoisotopic (exact) mass is 442 g/mol. The van der Waals surface area contributed by atoms with Gasteiger partial charge < -0.3 is 16.0 Å². The highest BCUT2D eigenvalue weighted by atomic mass is 35.5. The largest absolute Gasteiger partial charge is 0.380 e. The van der Waals surface area contributed by atoms with Crippen molar-refractivity contribution in [3.8, 4) is 0 Å². The van der Waals surface area contributed by atoms with Gasteiger partial charge in [0.25, 0.3) is 5.91 Å². The zero-order valence-corrected chi connectivity index (χ0v) is 17.7. The van der Waals surface area contributed by atoms with Crippen molar-refractivity contribution in [1.29, 1.82) is 0 Å². The van der Waals surface area contributed by atoms with Gasteiger partial charge in [0.2, 0.25) is 0 Å². The molecule has 2 aromatic carbocycles. The van der Waals surface area contributed by atoms with Crippen LogP contribution in [0.15, 0.2) is 60.8 Å². The lowest BCUT2D eigenvalue weighted by molar-refractivity contribution is -0.115. The molecule has 0 bridgehead atoms. The van der Waals surface area contributed by atoms with Gasteiger partial charge in [-0.1, -0.05) is 35.3 Å². The average molecular weight is 443 g/mol. The zero-order valence-electron chi connectivity index (χ0n) is 16.2. The van der Waals surface area contributed by atoms with Crippen molar-refractivity contribution >= 4 is 52.1 Å². The van der Waals surface area contributed by atoms with E-state index in [9.17, 15) is 9.59 Å². The predicted molar refractivity (Wildman–Crippen MR) is 122 cm³/mol. The second-order valence-electron chi connectivity index (χ2n) is 6.61. The van der Waals surface area contributed by atoms with Crippen LogP contribution in [0.25, 0.3) is 0 Å². The second kappa shape index (κ2) is 10.1. The van der Waals surface area contributed by atoms with Crippen LogP contribution >= 0.6 is 23.2 Å². The van der Waals surface area contributed by atoms with Gasteiger partial charge in [-0.15, -0.1) is 0 Å². The molecule has 0 unspecified atom stereocenters. The number of nitrogens with one attached hydrogen (secondary N) is 3. The Balaban J connectivity index is 1.68. The number of pyridine rings is 1. The van der Waals surface area contributed by atoms with Gasteiger partial charge in [-0.2, -0.15) is 0 Å². The van der Waals surface area contributed by atoms with E-state index in [0.29, 0.717) is 40.2 Å². The van der Waals surface area contributed by atoms with Crippen molar-refractivity contribution in [2.75, 3.05) is 22.5 Å². The van der Waals surface area contributed by atoms with Crippen molar-refractivity contribution in [2.24, 2.45) is 0 Å². The summed E-state index contributed by atoms with van der Waals surface area (Å²) in [7, 11) is 0. The van der Waals surface area contributed by atoms with Crippen LogP contribution in [0.3, 0.4) is 0 Å². The van der Waals surface area contributed by atoms with Crippen LogP contribution in [0.2, 0.25) is 10.0 Å². The normalized spacial score (nSPS) is 10.4. The van der Waals surface area contributed by atoms with E-state index in [4.69, 9.17) is 23.2 Å². The maximum absolute atomic E-state index is 12.7. The molecule has 8 heteroatoms. The lowest BCUT2D eigenvalue weighted by atomic mass is 10.1. The lowest BCUT2D eigenvalue weighted by Gasteiger charge is -2.13. The number of carbonyl (C=O) groups is 2. The van der Waals surface area contributed by atoms with E-state index in [1.54, 1.807) is 30.3 Å². The van der Waals surface area contributed by atoms with E-state index in [1.807, 2.05) is 24.3 Å². The molecule has 0 spiro atoms. The van der Waals surface area contributed by atoms with E-state index in [1.165, 1.54) is 13.1 Å². The number of amides is 1. The topological polar surface area (TPSA) is 83.1 Å². The Hall–Kier alpha value is -3.09. The third-order valence-corrected chi connectivity index (χ3v) is 4.63. The second-order valence-corrected chi connectivity index (χ2v) is 7.48. The van der Waals surface area contributed by atoms with Crippen LogP contribution in [0, 0.1) is 0 Å². The number of benzene rings is 2. The van der Waals surface area contributed by atoms with Crippen molar-refractivity contribution in [1.82, 2.24) is 4.98 Å². The third-order valence-electron chi connectivity index (χ3n) is 4.17. The molecule has 0 atom stereocenters. The molecule has 0 radical (unpaired) electrons. The van der Waals surface area contributed by atoms with Crippen molar-refractivity contribution < 1.29 is 9.59 Å². The number of halogens is 2. The van der Waals surface area contributed by atoms with Crippen molar-refractivity contribution in [3.05, 3.63) is 82.0 Å². The molecule has 0 fully saturated rings. The minimum atomic E-state index is -0.335. The quantitative estimate of drug-likeness (QED) is 0.443. The van der Waals surface area contributed by atoms with Gasteiger partial charge in [-0.3, -0.25) is 9.59 Å². The molecule has 6 nitrogen and oxygen atoms in total. The molecule has 3 rings (SSSR count). The van der Waals surface area contributed by atoms with Gasteiger partial charge in [0.05, 0.1) is 17.1 Å². The summed E-state index contributed by atoms with van der Waals surface area (Å²) in [6.45, 7) is 2.34. The van der Waals surface area contributed by atoms with Crippen LogP contribution in [0.1, 0.15) is 22.8 Å². The number of ketones is 1. The van der Waals surface area contributed by atoms with Gasteiger partial charge in [-0.05, 0) is 55.0 Å². The summed E-state index contributed by atoms with van der Waals surface area (Å²) in [5, 5.41) is 10.00. The number of hydrogen-bond donors (Lipinski definition) is 3. The Morgan fingerprint density at radius 3 is 2.33 bits per heavy atom.